The third-order valence-corrected chi connectivity index (χ3v) is 3.89. The monoisotopic (exact) mass is 299 g/mol. The molecule has 2 aromatic rings. The molecule has 1 aliphatic rings. The summed E-state index contributed by atoms with van der Waals surface area (Å²) in [5.41, 5.74) is 1.69. The zero-order valence-electron chi connectivity index (χ0n) is 12.2. The molecule has 0 aromatic heterocycles. The Morgan fingerprint density at radius 2 is 1.86 bits per heavy atom. The van der Waals surface area contributed by atoms with Gasteiger partial charge in [0.1, 0.15) is 5.82 Å². The second-order valence-electron chi connectivity index (χ2n) is 5.42. The first-order chi connectivity index (χ1) is 10.7. The van der Waals surface area contributed by atoms with Gasteiger partial charge in [0.15, 0.2) is 0 Å². The lowest BCUT2D eigenvalue weighted by molar-refractivity contribution is -0.00164. The zero-order chi connectivity index (χ0) is 15.4. The Morgan fingerprint density at radius 1 is 1.14 bits per heavy atom. The predicted molar refractivity (Wildman–Crippen MR) is 82.2 cm³/mol. The minimum absolute atomic E-state index is 0.00806. The van der Waals surface area contributed by atoms with Crippen LogP contribution in [-0.4, -0.2) is 36.6 Å². The number of nitrogens with zero attached hydrogens (tertiary/aromatic N) is 1. The van der Waals surface area contributed by atoms with Gasteiger partial charge in [0.25, 0.3) is 5.91 Å². The van der Waals surface area contributed by atoms with E-state index in [9.17, 15) is 9.18 Å². The van der Waals surface area contributed by atoms with Crippen molar-refractivity contribution in [3.63, 3.8) is 0 Å². The lowest BCUT2D eigenvalue weighted by atomic mass is 10.0. The summed E-state index contributed by atoms with van der Waals surface area (Å²) in [6.07, 6.45) is 0.758. The van der Waals surface area contributed by atoms with Crippen LogP contribution in [0.2, 0.25) is 0 Å². The fourth-order valence-corrected chi connectivity index (χ4v) is 2.74. The average Bonchev–Trinajstić information content (AvgIpc) is 2.56. The molecule has 0 spiro atoms. The molecular weight excluding hydrogens is 281 g/mol. The first kappa shape index (κ1) is 14.7. The molecule has 3 nitrogen and oxygen atoms in total. The molecule has 0 N–H and O–H groups in total. The third kappa shape index (κ3) is 3.34. The van der Waals surface area contributed by atoms with Crippen molar-refractivity contribution in [2.75, 3.05) is 19.8 Å². The van der Waals surface area contributed by atoms with E-state index < -0.39 is 0 Å². The molecule has 1 heterocycles. The van der Waals surface area contributed by atoms with E-state index in [1.165, 1.54) is 29.8 Å². The van der Waals surface area contributed by atoms with E-state index in [0.717, 1.165) is 6.42 Å². The largest absolute Gasteiger partial charge is 0.377 e. The van der Waals surface area contributed by atoms with Crippen molar-refractivity contribution < 1.29 is 13.9 Å². The molecule has 0 saturated carbocycles. The molecule has 1 aliphatic heterocycles. The molecular formula is C18H18FNO2. The van der Waals surface area contributed by atoms with E-state index in [1.54, 1.807) is 0 Å². The number of amides is 1. The number of morpholine rings is 1. The van der Waals surface area contributed by atoms with Crippen molar-refractivity contribution in [3.8, 4) is 0 Å². The summed E-state index contributed by atoms with van der Waals surface area (Å²) in [5, 5.41) is 0. The van der Waals surface area contributed by atoms with Crippen molar-refractivity contribution in [2.24, 2.45) is 0 Å². The maximum atomic E-state index is 13.0. The number of carbonyl (C=O) groups is 1. The number of ether oxygens (including phenoxy) is 1. The van der Waals surface area contributed by atoms with E-state index in [4.69, 9.17) is 4.74 Å². The topological polar surface area (TPSA) is 29.5 Å². The molecule has 0 aliphatic carbocycles. The Labute approximate surface area is 129 Å². The molecule has 4 heteroatoms. The molecule has 114 valence electrons. The molecule has 3 rings (SSSR count). The molecule has 22 heavy (non-hydrogen) atoms. The number of hydrogen-bond acceptors (Lipinski definition) is 2. The van der Waals surface area contributed by atoms with Crippen LogP contribution in [0.5, 0.6) is 0 Å². The molecule has 1 saturated heterocycles. The summed E-state index contributed by atoms with van der Waals surface area (Å²) < 4.78 is 18.5. The number of carbonyl (C=O) groups excluding carboxylic acids is 1. The number of hydrogen-bond donors (Lipinski definition) is 0. The number of halogens is 1. The maximum absolute atomic E-state index is 13.0. The van der Waals surface area contributed by atoms with E-state index in [0.29, 0.717) is 25.3 Å². The Hall–Kier alpha value is -2.20. The van der Waals surface area contributed by atoms with Crippen LogP contribution in [0, 0.1) is 5.82 Å². The van der Waals surface area contributed by atoms with E-state index in [2.05, 4.69) is 12.1 Å². The van der Waals surface area contributed by atoms with Crippen LogP contribution in [0.1, 0.15) is 15.9 Å². The van der Waals surface area contributed by atoms with Crippen molar-refractivity contribution in [2.45, 2.75) is 12.5 Å². The van der Waals surface area contributed by atoms with Gasteiger partial charge >= 0.3 is 0 Å². The Morgan fingerprint density at radius 3 is 2.59 bits per heavy atom. The molecule has 2 aromatic carbocycles. The summed E-state index contributed by atoms with van der Waals surface area (Å²) in [6.45, 7) is 1.63. The highest BCUT2D eigenvalue weighted by Crippen LogP contribution is 2.17. The van der Waals surface area contributed by atoms with Crippen molar-refractivity contribution in [1.29, 1.82) is 0 Å². The highest BCUT2D eigenvalue weighted by Gasteiger charge is 2.28. The number of rotatable bonds is 3. The molecule has 0 bridgehead atoms. The van der Waals surface area contributed by atoms with Gasteiger partial charge in [0, 0.05) is 12.1 Å². The quantitative estimate of drug-likeness (QED) is 0.872. The summed E-state index contributed by atoms with van der Waals surface area (Å²) in [4.78, 5) is 14.5. The SMILES string of the molecule is O=C(c1ccc(F)cc1)N1CCOCC1Cc1ccccc1. The zero-order valence-corrected chi connectivity index (χ0v) is 12.2. The molecule has 0 radical (unpaired) electrons. The van der Waals surface area contributed by atoms with Gasteiger partial charge in [-0.3, -0.25) is 4.79 Å². The highest BCUT2D eigenvalue weighted by atomic mass is 19.1. The second-order valence-corrected chi connectivity index (χ2v) is 5.42. The van der Waals surface area contributed by atoms with Crippen LogP contribution in [0.3, 0.4) is 0 Å². The van der Waals surface area contributed by atoms with Crippen LogP contribution in [-0.2, 0) is 11.2 Å². The van der Waals surface area contributed by atoms with Crippen molar-refractivity contribution in [3.05, 3.63) is 71.5 Å². The average molecular weight is 299 g/mol. The van der Waals surface area contributed by atoms with Gasteiger partial charge in [0.05, 0.1) is 19.3 Å². The van der Waals surface area contributed by atoms with E-state index in [1.807, 2.05) is 23.1 Å². The third-order valence-electron chi connectivity index (χ3n) is 3.89. The van der Waals surface area contributed by atoms with Gasteiger partial charge in [-0.05, 0) is 36.2 Å². The maximum Gasteiger partial charge on any atom is 0.254 e. The van der Waals surface area contributed by atoms with Gasteiger partial charge in [-0.2, -0.15) is 0 Å². The standard InChI is InChI=1S/C18H18FNO2/c19-16-8-6-15(7-9-16)18(21)20-10-11-22-13-17(20)12-14-4-2-1-3-5-14/h1-9,17H,10-13H2. The molecule has 1 fully saturated rings. The predicted octanol–water partition coefficient (Wildman–Crippen LogP) is 2.91. The van der Waals surface area contributed by atoms with Crippen LogP contribution in [0.15, 0.2) is 54.6 Å². The number of benzene rings is 2. The van der Waals surface area contributed by atoms with Crippen LogP contribution in [0.4, 0.5) is 4.39 Å². The molecule has 1 atom stereocenters. The first-order valence-electron chi connectivity index (χ1n) is 7.42. The molecule has 1 unspecified atom stereocenters. The van der Waals surface area contributed by atoms with E-state index in [-0.39, 0.29) is 17.8 Å². The fraction of sp³-hybridized carbons (Fsp3) is 0.278. The summed E-state index contributed by atoms with van der Waals surface area (Å²) in [6, 6.07) is 15.8. The normalized spacial score (nSPS) is 18.2. The Bertz CT molecular complexity index is 627. The van der Waals surface area contributed by atoms with Gasteiger partial charge in [0.2, 0.25) is 0 Å². The minimum atomic E-state index is -0.334. The summed E-state index contributed by atoms with van der Waals surface area (Å²) >= 11 is 0. The summed E-state index contributed by atoms with van der Waals surface area (Å²) in [5.74, 6) is -0.399. The first-order valence-corrected chi connectivity index (χ1v) is 7.42. The van der Waals surface area contributed by atoms with Gasteiger partial charge in [-0.25, -0.2) is 4.39 Å². The molecule has 1 amide bonds. The fourth-order valence-electron chi connectivity index (χ4n) is 2.74. The summed E-state index contributed by atoms with van der Waals surface area (Å²) in [7, 11) is 0. The van der Waals surface area contributed by atoms with Crippen LogP contribution < -0.4 is 0 Å². The smallest absolute Gasteiger partial charge is 0.254 e. The van der Waals surface area contributed by atoms with Gasteiger partial charge in [-0.15, -0.1) is 0 Å². The van der Waals surface area contributed by atoms with Crippen molar-refractivity contribution in [1.82, 2.24) is 4.90 Å². The lowest BCUT2D eigenvalue weighted by Gasteiger charge is -2.36. The second kappa shape index (κ2) is 6.71. The highest BCUT2D eigenvalue weighted by molar-refractivity contribution is 5.94. The lowest BCUT2D eigenvalue weighted by Crippen LogP contribution is -2.49. The minimum Gasteiger partial charge on any atom is -0.377 e. The van der Waals surface area contributed by atoms with Crippen LogP contribution in [0.25, 0.3) is 0 Å². The van der Waals surface area contributed by atoms with Crippen LogP contribution >= 0.6 is 0 Å². The van der Waals surface area contributed by atoms with Gasteiger partial charge < -0.3 is 9.64 Å². The Balaban J connectivity index is 1.77. The Kier molecular flexibility index (Phi) is 4.49. The van der Waals surface area contributed by atoms with Crippen molar-refractivity contribution >= 4 is 5.91 Å². The van der Waals surface area contributed by atoms with E-state index >= 15 is 0 Å². The van der Waals surface area contributed by atoms with Gasteiger partial charge in [-0.1, -0.05) is 30.3 Å².